The van der Waals surface area contributed by atoms with Gasteiger partial charge in [-0.1, -0.05) is 59.6 Å². The monoisotopic (exact) mass is 262 g/mol. The van der Waals surface area contributed by atoms with Crippen LogP contribution in [-0.4, -0.2) is 0 Å². The third kappa shape index (κ3) is 2.78. The quantitative estimate of drug-likeness (QED) is 0.529. The summed E-state index contributed by atoms with van der Waals surface area (Å²) in [4.78, 5) is 0. The van der Waals surface area contributed by atoms with Crippen LogP contribution < -0.4 is 0 Å². The highest BCUT2D eigenvalue weighted by atomic mass is 14.6. The molecule has 0 N–H and O–H groups in total. The van der Waals surface area contributed by atoms with E-state index in [1.165, 1.54) is 44.9 Å². The van der Waals surface area contributed by atoms with E-state index >= 15 is 0 Å². The summed E-state index contributed by atoms with van der Waals surface area (Å²) in [6, 6.07) is 0. The zero-order chi connectivity index (χ0) is 14.3. The molecule has 0 amide bonds. The van der Waals surface area contributed by atoms with Crippen LogP contribution in [0.5, 0.6) is 0 Å². The topological polar surface area (TPSA) is 0 Å². The van der Waals surface area contributed by atoms with Crippen molar-refractivity contribution in [2.24, 2.45) is 28.6 Å². The van der Waals surface area contributed by atoms with E-state index in [4.69, 9.17) is 0 Å². The van der Waals surface area contributed by atoms with E-state index < -0.39 is 0 Å². The number of rotatable bonds is 3. The number of hydrogen-bond donors (Lipinski definition) is 0. The van der Waals surface area contributed by atoms with Crippen molar-refractivity contribution in [1.29, 1.82) is 0 Å². The minimum absolute atomic E-state index is 0.534. The summed E-state index contributed by atoms with van der Waals surface area (Å²) >= 11 is 0. The summed E-state index contributed by atoms with van der Waals surface area (Å²) in [5, 5.41) is 0. The smallest absolute Gasteiger partial charge is 0.0149 e. The average Bonchev–Trinajstić information content (AvgIpc) is 2.26. The maximum Gasteiger partial charge on any atom is -0.0149 e. The first-order valence-electron chi connectivity index (χ1n) is 8.45. The van der Waals surface area contributed by atoms with Gasteiger partial charge in [-0.25, -0.2) is 0 Å². The summed E-state index contributed by atoms with van der Waals surface area (Å²) in [7, 11) is 0. The molecule has 2 aliphatic carbocycles. The standard InChI is InChI=1S/C19H34/c1-14(2)8-10-16-15(3)9-11-17-18(4,5)12-7-13-19(16,17)6/h14,16-17H,3,7-13H2,1-2,4-6H3/t16-,17-,19-/m1/s1. The van der Waals surface area contributed by atoms with E-state index in [1.807, 2.05) is 0 Å². The predicted octanol–water partition coefficient (Wildman–Crippen LogP) is 6.22. The molecule has 0 aromatic rings. The zero-order valence-electron chi connectivity index (χ0n) is 13.9. The Kier molecular flexibility index (Phi) is 4.19. The molecule has 2 saturated carbocycles. The fourth-order valence-corrected chi connectivity index (χ4v) is 5.31. The average molecular weight is 262 g/mol. The molecule has 0 heterocycles. The fraction of sp³-hybridized carbons (Fsp3) is 0.895. The van der Waals surface area contributed by atoms with Gasteiger partial charge in [-0.15, -0.1) is 0 Å². The van der Waals surface area contributed by atoms with Crippen molar-refractivity contribution in [3.8, 4) is 0 Å². The van der Waals surface area contributed by atoms with Crippen LogP contribution in [0.2, 0.25) is 0 Å². The van der Waals surface area contributed by atoms with Gasteiger partial charge in [-0.2, -0.15) is 0 Å². The summed E-state index contributed by atoms with van der Waals surface area (Å²) < 4.78 is 0. The van der Waals surface area contributed by atoms with Crippen LogP contribution >= 0.6 is 0 Å². The Balaban J connectivity index is 2.22. The van der Waals surface area contributed by atoms with Crippen molar-refractivity contribution in [1.82, 2.24) is 0 Å². The molecule has 0 nitrogen and oxygen atoms in total. The van der Waals surface area contributed by atoms with Gasteiger partial charge in [-0.3, -0.25) is 0 Å². The second kappa shape index (κ2) is 5.26. The van der Waals surface area contributed by atoms with Gasteiger partial charge in [0.15, 0.2) is 0 Å². The largest absolute Gasteiger partial charge is 0.0996 e. The lowest BCUT2D eigenvalue weighted by Crippen LogP contribution is -2.49. The van der Waals surface area contributed by atoms with Gasteiger partial charge >= 0.3 is 0 Å². The zero-order valence-corrected chi connectivity index (χ0v) is 13.9. The normalized spacial score (nSPS) is 38.3. The first-order valence-corrected chi connectivity index (χ1v) is 8.45. The first kappa shape index (κ1) is 15.1. The molecular formula is C19H34. The lowest BCUT2D eigenvalue weighted by Gasteiger charge is -2.58. The molecule has 0 aromatic heterocycles. The maximum absolute atomic E-state index is 4.46. The summed E-state index contributed by atoms with van der Waals surface area (Å²) in [5.74, 6) is 2.53. The van der Waals surface area contributed by atoms with Crippen LogP contribution in [0.4, 0.5) is 0 Å². The van der Waals surface area contributed by atoms with Crippen molar-refractivity contribution < 1.29 is 0 Å². The minimum atomic E-state index is 0.534. The molecule has 3 atom stereocenters. The minimum Gasteiger partial charge on any atom is -0.0996 e. The summed E-state index contributed by atoms with van der Waals surface area (Å²) in [5.41, 5.74) is 2.65. The predicted molar refractivity (Wildman–Crippen MR) is 85.2 cm³/mol. The van der Waals surface area contributed by atoms with E-state index in [9.17, 15) is 0 Å². The van der Waals surface area contributed by atoms with Gasteiger partial charge in [-0.05, 0) is 60.7 Å². The highest BCUT2D eigenvalue weighted by molar-refractivity contribution is 5.15. The van der Waals surface area contributed by atoms with Crippen molar-refractivity contribution in [2.75, 3.05) is 0 Å². The third-order valence-electron chi connectivity index (χ3n) is 6.35. The Bertz CT molecular complexity index is 336. The van der Waals surface area contributed by atoms with Gasteiger partial charge in [0.2, 0.25) is 0 Å². The second-order valence-electron chi connectivity index (χ2n) is 8.62. The van der Waals surface area contributed by atoms with Gasteiger partial charge in [0.05, 0.1) is 0 Å². The SMILES string of the molecule is C=C1CC[C@@H]2C(C)(C)CCC[C@]2(C)[C@@H]1CCC(C)C. The summed E-state index contributed by atoms with van der Waals surface area (Å²) in [6.45, 7) is 16.8. The van der Waals surface area contributed by atoms with Crippen molar-refractivity contribution in [3.63, 3.8) is 0 Å². The molecular weight excluding hydrogens is 228 g/mol. The first-order chi connectivity index (χ1) is 8.77. The Hall–Kier alpha value is -0.260. The maximum atomic E-state index is 4.46. The van der Waals surface area contributed by atoms with E-state index in [0.29, 0.717) is 10.8 Å². The molecule has 0 heteroatoms. The lowest BCUT2D eigenvalue weighted by atomic mass is 9.47. The molecule has 0 radical (unpaired) electrons. The van der Waals surface area contributed by atoms with Crippen molar-refractivity contribution >= 4 is 0 Å². The highest BCUT2D eigenvalue weighted by Crippen LogP contribution is 2.61. The molecule has 0 spiro atoms. The Morgan fingerprint density at radius 1 is 1.21 bits per heavy atom. The lowest BCUT2D eigenvalue weighted by molar-refractivity contribution is -0.0550. The highest BCUT2D eigenvalue weighted by Gasteiger charge is 2.52. The molecule has 0 aromatic carbocycles. The molecule has 0 bridgehead atoms. The molecule has 2 fully saturated rings. The van der Waals surface area contributed by atoms with E-state index in [-0.39, 0.29) is 0 Å². The Labute approximate surface area is 121 Å². The molecule has 0 unspecified atom stereocenters. The van der Waals surface area contributed by atoms with E-state index in [0.717, 1.165) is 17.8 Å². The number of hydrogen-bond acceptors (Lipinski definition) is 0. The Morgan fingerprint density at radius 3 is 2.53 bits per heavy atom. The van der Waals surface area contributed by atoms with Gasteiger partial charge < -0.3 is 0 Å². The fourth-order valence-electron chi connectivity index (χ4n) is 5.31. The van der Waals surface area contributed by atoms with Crippen LogP contribution in [0.25, 0.3) is 0 Å². The number of fused-ring (bicyclic) bond motifs is 1. The molecule has 110 valence electrons. The molecule has 2 rings (SSSR count). The van der Waals surface area contributed by atoms with Crippen LogP contribution in [0.15, 0.2) is 12.2 Å². The third-order valence-corrected chi connectivity index (χ3v) is 6.35. The van der Waals surface area contributed by atoms with Crippen LogP contribution in [0.3, 0.4) is 0 Å². The molecule has 0 saturated heterocycles. The van der Waals surface area contributed by atoms with E-state index in [2.05, 4.69) is 41.2 Å². The van der Waals surface area contributed by atoms with Gasteiger partial charge in [0.25, 0.3) is 0 Å². The van der Waals surface area contributed by atoms with Crippen LogP contribution in [-0.2, 0) is 0 Å². The molecule has 0 aliphatic heterocycles. The van der Waals surface area contributed by atoms with Gasteiger partial charge in [0, 0.05) is 0 Å². The molecule has 2 aliphatic rings. The van der Waals surface area contributed by atoms with Crippen LogP contribution in [0, 0.1) is 28.6 Å². The van der Waals surface area contributed by atoms with E-state index in [1.54, 1.807) is 5.57 Å². The Morgan fingerprint density at radius 2 is 1.89 bits per heavy atom. The second-order valence-corrected chi connectivity index (χ2v) is 8.62. The van der Waals surface area contributed by atoms with Crippen molar-refractivity contribution in [2.45, 2.75) is 79.6 Å². The molecule has 19 heavy (non-hydrogen) atoms. The van der Waals surface area contributed by atoms with Crippen LogP contribution in [0.1, 0.15) is 79.6 Å². The summed E-state index contributed by atoms with van der Waals surface area (Å²) in [6.07, 6.45) is 9.70. The number of allylic oxidation sites excluding steroid dienone is 1. The van der Waals surface area contributed by atoms with Gasteiger partial charge in [0.1, 0.15) is 0 Å². The van der Waals surface area contributed by atoms with Crippen molar-refractivity contribution in [3.05, 3.63) is 12.2 Å².